The number of ether oxygens (including phenoxy) is 2. The number of carbonyl (C=O) groups excluding carboxylic acids is 1. The summed E-state index contributed by atoms with van der Waals surface area (Å²) in [6.07, 6.45) is 1.10. The van der Waals surface area contributed by atoms with Gasteiger partial charge in [0.15, 0.2) is 17.3 Å². The zero-order chi connectivity index (χ0) is 22.5. The van der Waals surface area contributed by atoms with Crippen LogP contribution in [0.1, 0.15) is 35.9 Å². The predicted octanol–water partition coefficient (Wildman–Crippen LogP) is 6.81. The average Bonchev–Trinajstić information content (AvgIpc) is 3.18. The Morgan fingerprint density at radius 3 is 2.45 bits per heavy atom. The fourth-order valence-electron chi connectivity index (χ4n) is 4.91. The van der Waals surface area contributed by atoms with Crippen LogP contribution in [0.15, 0.2) is 76.4 Å². The summed E-state index contributed by atoms with van der Waals surface area (Å²) in [6, 6.07) is 19.3. The van der Waals surface area contributed by atoms with Crippen LogP contribution in [0.5, 0.6) is 11.5 Å². The standard InChI is InChI=1S/C26H20BrClN2O3/c27-17-12-24-23(32-13-33-24)11-16(17)26-25-21(29-19-7-3-4-8-20(19)30-26)9-14(10-22(25)31)15-5-1-2-6-18(15)28/h1-8,11-12,14,26,29-30H,9-10,13H2. The molecule has 3 aliphatic rings. The first-order valence-electron chi connectivity index (χ1n) is 10.8. The molecule has 2 aliphatic heterocycles. The highest BCUT2D eigenvalue weighted by molar-refractivity contribution is 9.10. The van der Waals surface area contributed by atoms with E-state index in [0.717, 1.165) is 38.2 Å². The lowest BCUT2D eigenvalue weighted by atomic mass is 9.78. The van der Waals surface area contributed by atoms with Crippen molar-refractivity contribution < 1.29 is 14.3 Å². The normalized spacial score (nSPS) is 21.0. The van der Waals surface area contributed by atoms with Gasteiger partial charge in [-0.15, -0.1) is 0 Å². The van der Waals surface area contributed by atoms with Crippen molar-refractivity contribution in [1.29, 1.82) is 0 Å². The van der Waals surface area contributed by atoms with Crippen molar-refractivity contribution in [2.45, 2.75) is 24.8 Å². The molecule has 2 N–H and O–H groups in total. The first-order valence-corrected chi connectivity index (χ1v) is 12.0. The van der Waals surface area contributed by atoms with Gasteiger partial charge in [0, 0.05) is 27.2 Å². The van der Waals surface area contributed by atoms with E-state index < -0.39 is 0 Å². The molecule has 0 bridgehead atoms. The third-order valence-electron chi connectivity index (χ3n) is 6.46. The van der Waals surface area contributed by atoms with E-state index in [9.17, 15) is 4.79 Å². The molecule has 1 aliphatic carbocycles. The molecule has 0 spiro atoms. The Kier molecular flexibility index (Phi) is 5.07. The first-order chi connectivity index (χ1) is 16.1. The number of fused-ring (bicyclic) bond motifs is 2. The lowest BCUT2D eigenvalue weighted by Gasteiger charge is -2.30. The second-order valence-corrected chi connectivity index (χ2v) is 9.68. The van der Waals surface area contributed by atoms with Crippen molar-refractivity contribution in [1.82, 2.24) is 0 Å². The van der Waals surface area contributed by atoms with E-state index in [4.69, 9.17) is 21.1 Å². The Morgan fingerprint density at radius 1 is 0.909 bits per heavy atom. The van der Waals surface area contributed by atoms with Crippen molar-refractivity contribution >= 4 is 44.7 Å². The predicted molar refractivity (Wildman–Crippen MR) is 132 cm³/mol. The van der Waals surface area contributed by atoms with Crippen LogP contribution in [0.3, 0.4) is 0 Å². The van der Waals surface area contributed by atoms with Crippen molar-refractivity contribution in [3.05, 3.63) is 92.6 Å². The smallest absolute Gasteiger partial charge is 0.231 e. The van der Waals surface area contributed by atoms with Crippen LogP contribution in [0, 0.1) is 0 Å². The number of benzene rings is 3. The van der Waals surface area contributed by atoms with Crippen LogP contribution in [0.2, 0.25) is 5.02 Å². The molecule has 166 valence electrons. The van der Waals surface area contributed by atoms with Gasteiger partial charge in [-0.2, -0.15) is 0 Å². The molecule has 2 unspecified atom stereocenters. The quantitative estimate of drug-likeness (QED) is 0.386. The molecule has 7 heteroatoms. The molecule has 0 saturated heterocycles. The van der Waals surface area contributed by atoms with Crippen LogP contribution >= 0.6 is 27.5 Å². The van der Waals surface area contributed by atoms with Gasteiger partial charge < -0.3 is 20.1 Å². The molecular weight excluding hydrogens is 504 g/mol. The maximum Gasteiger partial charge on any atom is 0.231 e. The Bertz CT molecular complexity index is 1320. The minimum absolute atomic E-state index is 0.0172. The highest BCUT2D eigenvalue weighted by atomic mass is 79.9. The lowest BCUT2D eigenvalue weighted by Crippen LogP contribution is -2.27. The molecule has 3 aromatic carbocycles. The van der Waals surface area contributed by atoms with Crippen molar-refractivity contribution in [2.75, 3.05) is 17.4 Å². The molecule has 6 rings (SSSR count). The van der Waals surface area contributed by atoms with E-state index in [1.54, 1.807) is 0 Å². The average molecular weight is 524 g/mol. The molecule has 2 atom stereocenters. The Hall–Kier alpha value is -2.96. The topological polar surface area (TPSA) is 59.6 Å². The third kappa shape index (κ3) is 3.58. The molecular formula is C26H20BrClN2O3. The SMILES string of the molecule is O=C1CC(c2ccccc2Cl)CC2=C1C(c1cc3c(cc1Br)OCO3)Nc1ccccc1N2. The van der Waals surface area contributed by atoms with Crippen LogP contribution < -0.4 is 20.1 Å². The van der Waals surface area contributed by atoms with E-state index in [-0.39, 0.29) is 24.5 Å². The van der Waals surface area contributed by atoms with E-state index in [0.29, 0.717) is 29.4 Å². The Balaban J connectivity index is 1.49. The highest BCUT2D eigenvalue weighted by Crippen LogP contribution is 2.48. The summed E-state index contributed by atoms with van der Waals surface area (Å²) in [5, 5.41) is 7.87. The fraction of sp³-hybridized carbons (Fsp3) is 0.192. The Morgan fingerprint density at radius 2 is 1.64 bits per heavy atom. The van der Waals surface area contributed by atoms with Gasteiger partial charge in [0.05, 0.1) is 17.4 Å². The summed E-state index contributed by atoms with van der Waals surface area (Å²) in [7, 11) is 0. The van der Waals surface area contributed by atoms with Crippen molar-refractivity contribution in [3.63, 3.8) is 0 Å². The summed E-state index contributed by atoms with van der Waals surface area (Å²) >= 11 is 10.2. The summed E-state index contributed by atoms with van der Waals surface area (Å²) in [5.41, 5.74) is 5.47. The molecule has 5 nitrogen and oxygen atoms in total. The monoisotopic (exact) mass is 522 g/mol. The number of allylic oxidation sites excluding steroid dienone is 1. The van der Waals surface area contributed by atoms with Crippen LogP contribution in [0.4, 0.5) is 11.4 Å². The maximum atomic E-state index is 13.7. The number of carbonyl (C=O) groups is 1. The van der Waals surface area contributed by atoms with Gasteiger partial charge in [0.2, 0.25) is 6.79 Å². The number of Topliss-reactive ketones (excluding diaryl/α,β-unsaturated/α-hetero) is 1. The van der Waals surface area contributed by atoms with Gasteiger partial charge in [-0.3, -0.25) is 4.79 Å². The summed E-state index contributed by atoms with van der Waals surface area (Å²) < 4.78 is 12.0. The first kappa shape index (κ1) is 20.6. The van der Waals surface area contributed by atoms with Gasteiger partial charge in [0.25, 0.3) is 0 Å². The van der Waals surface area contributed by atoms with E-state index >= 15 is 0 Å². The van der Waals surface area contributed by atoms with Crippen LogP contribution in [-0.2, 0) is 4.79 Å². The number of rotatable bonds is 2. The van der Waals surface area contributed by atoms with Crippen molar-refractivity contribution in [3.8, 4) is 11.5 Å². The zero-order valence-electron chi connectivity index (χ0n) is 17.5. The molecule has 3 aromatic rings. The molecule has 0 fully saturated rings. The number of para-hydroxylation sites is 2. The van der Waals surface area contributed by atoms with Gasteiger partial charge in [0.1, 0.15) is 0 Å². The lowest BCUT2D eigenvalue weighted by molar-refractivity contribution is -0.116. The number of nitrogens with one attached hydrogen (secondary N) is 2. The number of hydrogen-bond donors (Lipinski definition) is 2. The van der Waals surface area contributed by atoms with E-state index in [2.05, 4.69) is 26.6 Å². The second-order valence-electron chi connectivity index (χ2n) is 8.42. The molecule has 0 saturated carbocycles. The number of ketones is 1. The minimum Gasteiger partial charge on any atom is -0.454 e. The molecule has 2 heterocycles. The maximum absolute atomic E-state index is 13.7. The molecule has 0 aromatic heterocycles. The van der Waals surface area contributed by atoms with Gasteiger partial charge in [-0.25, -0.2) is 0 Å². The summed E-state index contributed by atoms with van der Waals surface area (Å²) in [4.78, 5) is 13.7. The van der Waals surface area contributed by atoms with Gasteiger partial charge in [-0.1, -0.05) is 57.9 Å². The minimum atomic E-state index is -0.347. The summed E-state index contributed by atoms with van der Waals surface area (Å²) in [5.74, 6) is 1.49. The Labute approximate surface area is 204 Å². The number of halogens is 2. The molecule has 0 amide bonds. The second kappa shape index (κ2) is 8.12. The number of hydrogen-bond acceptors (Lipinski definition) is 5. The van der Waals surface area contributed by atoms with Crippen LogP contribution in [0.25, 0.3) is 0 Å². The van der Waals surface area contributed by atoms with Gasteiger partial charge in [-0.05, 0) is 53.8 Å². The van der Waals surface area contributed by atoms with E-state index in [1.165, 1.54) is 0 Å². The third-order valence-corrected chi connectivity index (χ3v) is 7.49. The van der Waals surface area contributed by atoms with Gasteiger partial charge >= 0.3 is 0 Å². The highest BCUT2D eigenvalue weighted by Gasteiger charge is 2.37. The van der Waals surface area contributed by atoms with Crippen LogP contribution in [-0.4, -0.2) is 12.6 Å². The molecule has 33 heavy (non-hydrogen) atoms. The molecule has 0 radical (unpaired) electrons. The zero-order valence-corrected chi connectivity index (χ0v) is 19.9. The summed E-state index contributed by atoms with van der Waals surface area (Å²) in [6.45, 7) is 0.195. The largest absolute Gasteiger partial charge is 0.454 e. The van der Waals surface area contributed by atoms with Crippen molar-refractivity contribution in [2.24, 2.45) is 0 Å². The van der Waals surface area contributed by atoms with E-state index in [1.807, 2.05) is 60.7 Å². The fourth-order valence-corrected chi connectivity index (χ4v) is 5.75. The number of anilines is 2.